The van der Waals surface area contributed by atoms with Crippen LogP contribution in [0.5, 0.6) is 0 Å². The number of benzene rings is 1. The summed E-state index contributed by atoms with van der Waals surface area (Å²) in [6.45, 7) is 7.07. The Bertz CT molecular complexity index is 957. The summed E-state index contributed by atoms with van der Waals surface area (Å²) >= 11 is 0. The van der Waals surface area contributed by atoms with Crippen molar-refractivity contribution in [3.05, 3.63) is 41.6 Å². The molecule has 28 heavy (non-hydrogen) atoms. The molecule has 0 radical (unpaired) electrons. The lowest BCUT2D eigenvalue weighted by atomic mass is 9.66. The van der Waals surface area contributed by atoms with Crippen molar-refractivity contribution in [3.63, 3.8) is 0 Å². The molecule has 3 aliphatic heterocycles. The lowest BCUT2D eigenvalue weighted by Gasteiger charge is -2.53. The normalized spacial score (nSPS) is 26.1. The van der Waals surface area contributed by atoms with E-state index in [4.69, 9.17) is 4.74 Å². The first-order valence-corrected chi connectivity index (χ1v) is 10.9. The first kappa shape index (κ1) is 18.0. The van der Waals surface area contributed by atoms with Crippen LogP contribution in [-0.2, 0) is 16.0 Å². The van der Waals surface area contributed by atoms with Gasteiger partial charge >= 0.3 is 5.97 Å². The average molecular weight is 379 g/mol. The van der Waals surface area contributed by atoms with Crippen LogP contribution < -0.4 is 0 Å². The molecule has 1 saturated heterocycles. The van der Waals surface area contributed by atoms with E-state index in [1.165, 1.54) is 41.5 Å². The maximum absolute atomic E-state index is 12.1. The molecule has 1 fully saturated rings. The Labute approximate surface area is 167 Å². The van der Waals surface area contributed by atoms with Gasteiger partial charge in [-0.05, 0) is 50.3 Å². The molecule has 1 aromatic carbocycles. The highest BCUT2D eigenvalue weighted by Crippen LogP contribution is 2.56. The summed E-state index contributed by atoms with van der Waals surface area (Å²) in [5.74, 6) is -0.0910. The van der Waals surface area contributed by atoms with Crippen LogP contribution >= 0.6 is 0 Å². The van der Waals surface area contributed by atoms with E-state index in [0.717, 1.165) is 31.5 Å². The largest absolute Gasteiger partial charge is 0.459 e. The lowest BCUT2D eigenvalue weighted by Crippen LogP contribution is -2.50. The van der Waals surface area contributed by atoms with Gasteiger partial charge in [-0.3, -0.25) is 9.69 Å². The second-order valence-electron chi connectivity index (χ2n) is 8.64. The number of rotatable bonds is 5. The summed E-state index contributed by atoms with van der Waals surface area (Å²) in [4.78, 5) is 14.8. The Morgan fingerprint density at radius 1 is 1.25 bits per heavy atom. The maximum Gasteiger partial charge on any atom is 0.306 e. The number of para-hydroxylation sites is 1. The summed E-state index contributed by atoms with van der Waals surface area (Å²) in [7, 11) is 0. The molecular weight excluding hydrogens is 348 g/mol. The number of esters is 1. The Morgan fingerprint density at radius 2 is 2.11 bits per heavy atom. The molecule has 0 spiro atoms. The molecule has 148 valence electrons. The molecule has 5 rings (SSSR count). The summed E-state index contributed by atoms with van der Waals surface area (Å²) in [6, 6.07) is 9.22. The van der Waals surface area contributed by atoms with Crippen molar-refractivity contribution in [3.8, 4) is 0 Å². The highest BCUT2D eigenvalue weighted by Gasteiger charge is 2.50. The van der Waals surface area contributed by atoms with Crippen LogP contribution in [0.15, 0.2) is 30.3 Å². The van der Waals surface area contributed by atoms with Gasteiger partial charge in [-0.1, -0.05) is 38.1 Å². The number of nitrogens with zero attached hydrogens (tertiary/aromatic N) is 2. The van der Waals surface area contributed by atoms with E-state index in [0.29, 0.717) is 19.1 Å². The monoisotopic (exact) mass is 378 g/mol. The fraction of sp³-hybridized carbons (Fsp3) is 0.542. The maximum atomic E-state index is 12.1. The molecule has 2 aromatic rings. The van der Waals surface area contributed by atoms with Gasteiger partial charge in [0, 0.05) is 29.5 Å². The lowest BCUT2D eigenvalue weighted by molar-refractivity contribution is -0.142. The van der Waals surface area contributed by atoms with Gasteiger partial charge in [-0.2, -0.15) is 0 Å². The third kappa shape index (κ3) is 2.50. The molecule has 0 saturated carbocycles. The third-order valence-electron chi connectivity index (χ3n) is 7.16. The van der Waals surface area contributed by atoms with E-state index in [1.54, 1.807) is 0 Å². The van der Waals surface area contributed by atoms with Crippen LogP contribution in [0.25, 0.3) is 16.6 Å². The first-order valence-electron chi connectivity index (χ1n) is 10.9. The van der Waals surface area contributed by atoms with E-state index in [1.807, 2.05) is 6.92 Å². The topological polar surface area (TPSA) is 34.5 Å². The molecule has 4 heterocycles. The highest BCUT2D eigenvalue weighted by atomic mass is 16.5. The molecule has 4 nitrogen and oxygen atoms in total. The van der Waals surface area contributed by atoms with Gasteiger partial charge in [0.2, 0.25) is 0 Å². The first-order chi connectivity index (χ1) is 13.7. The minimum atomic E-state index is -0.0910. The van der Waals surface area contributed by atoms with Crippen molar-refractivity contribution in [2.24, 2.45) is 5.41 Å². The second-order valence-corrected chi connectivity index (χ2v) is 8.64. The summed E-state index contributed by atoms with van der Waals surface area (Å²) < 4.78 is 8.14. The van der Waals surface area contributed by atoms with Crippen molar-refractivity contribution >= 4 is 22.6 Å². The zero-order valence-corrected chi connectivity index (χ0v) is 17.0. The van der Waals surface area contributed by atoms with Gasteiger partial charge in [0.15, 0.2) is 0 Å². The molecule has 1 aromatic heterocycles. The molecule has 3 aliphatic rings. The van der Waals surface area contributed by atoms with E-state index in [2.05, 4.69) is 46.7 Å². The Balaban J connectivity index is 1.68. The number of carbonyl (C=O) groups excluding carboxylic acids is 1. The number of hydrogen-bond acceptors (Lipinski definition) is 3. The smallest absolute Gasteiger partial charge is 0.306 e. The molecule has 4 heteroatoms. The van der Waals surface area contributed by atoms with Gasteiger partial charge < -0.3 is 9.30 Å². The number of fused-ring (bicyclic) bond motifs is 3. The summed E-state index contributed by atoms with van der Waals surface area (Å²) in [6.07, 6.45) is 8.50. The van der Waals surface area contributed by atoms with Crippen molar-refractivity contribution in [1.82, 2.24) is 9.47 Å². The molecular formula is C24H30N2O2. The zero-order valence-electron chi connectivity index (χ0n) is 17.0. The number of ether oxygens (including phenoxy) is 1. The average Bonchev–Trinajstić information content (AvgIpc) is 3.07. The van der Waals surface area contributed by atoms with E-state index in [-0.39, 0.29) is 11.4 Å². The van der Waals surface area contributed by atoms with Gasteiger partial charge in [-0.15, -0.1) is 0 Å². The minimum Gasteiger partial charge on any atom is -0.459 e. The second kappa shape index (κ2) is 6.77. The molecule has 2 atom stereocenters. The third-order valence-corrected chi connectivity index (χ3v) is 7.16. The summed E-state index contributed by atoms with van der Waals surface area (Å²) in [5, 5.41) is 1.38. The fourth-order valence-corrected chi connectivity index (χ4v) is 5.92. The Kier molecular flexibility index (Phi) is 4.35. The molecule has 0 unspecified atom stereocenters. The van der Waals surface area contributed by atoms with Gasteiger partial charge in [0.25, 0.3) is 0 Å². The fourth-order valence-electron chi connectivity index (χ4n) is 5.92. The number of hydrogen-bond donors (Lipinski definition) is 0. The highest BCUT2D eigenvalue weighted by molar-refractivity contribution is 5.90. The van der Waals surface area contributed by atoms with Gasteiger partial charge in [0.05, 0.1) is 17.3 Å². The number of carbonyl (C=O) groups is 1. The van der Waals surface area contributed by atoms with Crippen molar-refractivity contribution in [1.29, 1.82) is 0 Å². The van der Waals surface area contributed by atoms with Crippen molar-refractivity contribution in [2.45, 2.75) is 58.4 Å². The molecule has 0 bridgehead atoms. The van der Waals surface area contributed by atoms with Crippen LogP contribution in [-0.4, -0.2) is 35.1 Å². The van der Waals surface area contributed by atoms with E-state index in [9.17, 15) is 4.79 Å². The molecule has 0 amide bonds. The van der Waals surface area contributed by atoms with Crippen LogP contribution in [0, 0.1) is 5.41 Å². The predicted octanol–water partition coefficient (Wildman–Crippen LogP) is 4.93. The predicted molar refractivity (Wildman–Crippen MR) is 112 cm³/mol. The van der Waals surface area contributed by atoms with Crippen molar-refractivity contribution in [2.75, 3.05) is 19.7 Å². The molecule has 0 aliphatic carbocycles. The Morgan fingerprint density at radius 3 is 2.93 bits per heavy atom. The SMILES string of the molecule is CCCC(=O)OCC1=C[C@]2(CC)CCCN3CCc4c(n1c1ccccc41)[C@@H]32. The van der Waals surface area contributed by atoms with Crippen LogP contribution in [0.1, 0.15) is 63.3 Å². The van der Waals surface area contributed by atoms with Crippen LogP contribution in [0.2, 0.25) is 0 Å². The zero-order chi connectivity index (χ0) is 19.3. The van der Waals surface area contributed by atoms with Gasteiger partial charge in [0.1, 0.15) is 6.61 Å². The standard InChI is InChI=1S/C24H30N2O2/c1-3-8-21(27)28-16-17-15-24(4-2)12-7-13-25-14-11-19-18-9-5-6-10-20(18)26(17)22(19)23(24)25/h5-6,9-10,15,23H,3-4,7-8,11-14,16H2,1-2H3/t23-,24+/m1/s1. The van der Waals surface area contributed by atoms with Crippen LogP contribution in [0.3, 0.4) is 0 Å². The van der Waals surface area contributed by atoms with Crippen LogP contribution in [0.4, 0.5) is 0 Å². The van der Waals surface area contributed by atoms with Gasteiger partial charge in [-0.25, -0.2) is 0 Å². The number of aromatic nitrogens is 1. The van der Waals surface area contributed by atoms with E-state index >= 15 is 0 Å². The van der Waals surface area contributed by atoms with Crippen molar-refractivity contribution < 1.29 is 9.53 Å². The quantitative estimate of drug-likeness (QED) is 0.692. The van der Waals surface area contributed by atoms with E-state index < -0.39 is 0 Å². The minimum absolute atomic E-state index is 0.0910. The molecule has 0 N–H and O–H groups in total. The summed E-state index contributed by atoms with van der Waals surface area (Å²) in [5.41, 5.74) is 5.57. The Hall–Kier alpha value is -2.07. The number of piperidine rings is 1.